The van der Waals surface area contributed by atoms with Crippen LogP contribution in [0.4, 0.5) is 0 Å². The highest BCUT2D eigenvalue weighted by Gasteiger charge is 2.27. The topological polar surface area (TPSA) is 71.5 Å². The summed E-state index contributed by atoms with van der Waals surface area (Å²) >= 11 is 1.65. The Balaban J connectivity index is 1.61. The van der Waals surface area contributed by atoms with Gasteiger partial charge in [0, 0.05) is 49.8 Å². The molecule has 6 nitrogen and oxygen atoms in total. The lowest BCUT2D eigenvalue weighted by molar-refractivity contribution is -0.118. The third-order valence-corrected chi connectivity index (χ3v) is 5.78. The first-order valence-corrected chi connectivity index (χ1v) is 10.1. The van der Waals surface area contributed by atoms with Gasteiger partial charge in [0.25, 0.3) is 5.91 Å². The molecule has 1 aromatic heterocycles. The van der Waals surface area contributed by atoms with Crippen LogP contribution in [0.15, 0.2) is 29.6 Å². The number of hydrogen-bond acceptors (Lipinski definition) is 5. The molecule has 3 rings (SSSR count). The minimum Gasteiger partial charge on any atom is -0.497 e. The largest absolute Gasteiger partial charge is 0.497 e. The molecule has 0 radical (unpaired) electrons. The van der Waals surface area contributed by atoms with E-state index in [-0.39, 0.29) is 17.7 Å². The first kappa shape index (κ1) is 19.4. The Morgan fingerprint density at radius 1 is 1.33 bits per heavy atom. The van der Waals surface area contributed by atoms with Crippen molar-refractivity contribution in [2.75, 3.05) is 26.7 Å². The number of amides is 2. The van der Waals surface area contributed by atoms with Gasteiger partial charge in [0.15, 0.2) is 0 Å². The highest BCUT2D eigenvalue weighted by molar-refractivity contribution is 7.09. The summed E-state index contributed by atoms with van der Waals surface area (Å²) in [7, 11) is 1.62. The van der Waals surface area contributed by atoms with Gasteiger partial charge in [-0.05, 0) is 37.1 Å². The van der Waals surface area contributed by atoms with Gasteiger partial charge < -0.3 is 15.0 Å². The molecule has 1 N–H and O–H groups in total. The molecule has 1 aliphatic heterocycles. The molecule has 144 valence electrons. The maximum absolute atomic E-state index is 12.8. The number of ether oxygens (including phenoxy) is 1. The second-order valence-electron chi connectivity index (χ2n) is 6.73. The summed E-state index contributed by atoms with van der Waals surface area (Å²) < 4.78 is 5.16. The normalized spacial score (nSPS) is 16.8. The molecule has 2 amide bonds. The lowest BCUT2D eigenvalue weighted by atomic mass is 9.98. The number of piperidine rings is 1. The van der Waals surface area contributed by atoms with Crippen molar-refractivity contribution in [1.29, 1.82) is 0 Å². The molecule has 0 bridgehead atoms. The monoisotopic (exact) mass is 387 g/mol. The number of thiazole rings is 1. The van der Waals surface area contributed by atoms with E-state index in [0.717, 1.165) is 42.3 Å². The van der Waals surface area contributed by atoms with Crippen molar-refractivity contribution >= 4 is 23.2 Å². The van der Waals surface area contributed by atoms with Crippen molar-refractivity contribution in [3.05, 3.63) is 45.9 Å². The van der Waals surface area contributed by atoms with Crippen LogP contribution in [0.2, 0.25) is 0 Å². The fraction of sp³-hybridized carbons (Fsp3) is 0.450. The SMILES string of the molecule is COc1ccc(C(=O)N2CCCC(c3nc(CCNC(C)=O)cs3)C2)cc1. The van der Waals surface area contributed by atoms with Gasteiger partial charge in [-0.25, -0.2) is 4.98 Å². The van der Waals surface area contributed by atoms with Gasteiger partial charge in [-0.1, -0.05) is 0 Å². The zero-order valence-corrected chi connectivity index (χ0v) is 16.6. The maximum atomic E-state index is 12.8. The maximum Gasteiger partial charge on any atom is 0.253 e. The Morgan fingerprint density at radius 2 is 2.11 bits per heavy atom. The van der Waals surface area contributed by atoms with Crippen LogP contribution >= 0.6 is 11.3 Å². The minimum atomic E-state index is -0.0228. The Kier molecular flexibility index (Phi) is 6.45. The Hall–Kier alpha value is -2.41. The quantitative estimate of drug-likeness (QED) is 0.827. The van der Waals surface area contributed by atoms with E-state index in [1.807, 2.05) is 29.2 Å². The van der Waals surface area contributed by atoms with Crippen LogP contribution in [-0.4, -0.2) is 48.4 Å². The fourth-order valence-electron chi connectivity index (χ4n) is 3.27. The molecular formula is C20H25N3O3S. The van der Waals surface area contributed by atoms with Gasteiger partial charge in [0.1, 0.15) is 5.75 Å². The second kappa shape index (κ2) is 8.99. The molecule has 2 aromatic rings. The molecule has 1 aromatic carbocycles. The van der Waals surface area contributed by atoms with Crippen LogP contribution in [0.3, 0.4) is 0 Å². The summed E-state index contributed by atoms with van der Waals surface area (Å²) in [6.07, 6.45) is 2.76. The van der Waals surface area contributed by atoms with Gasteiger partial charge in [-0.15, -0.1) is 11.3 Å². The summed E-state index contributed by atoms with van der Waals surface area (Å²) in [5.74, 6) is 1.06. The highest BCUT2D eigenvalue weighted by Crippen LogP contribution is 2.30. The molecule has 2 heterocycles. The van der Waals surface area contributed by atoms with Gasteiger partial charge in [0.2, 0.25) is 5.91 Å². The zero-order valence-electron chi connectivity index (χ0n) is 15.7. The predicted octanol–water partition coefficient (Wildman–Crippen LogP) is 2.85. The predicted molar refractivity (Wildman–Crippen MR) is 105 cm³/mol. The number of aromatic nitrogens is 1. The number of benzene rings is 1. The molecule has 1 atom stereocenters. The van der Waals surface area contributed by atoms with E-state index < -0.39 is 0 Å². The van der Waals surface area contributed by atoms with E-state index in [1.54, 1.807) is 18.4 Å². The van der Waals surface area contributed by atoms with Crippen LogP contribution in [0, 0.1) is 0 Å². The standard InChI is InChI=1S/C20H25N3O3S/c1-14(24)21-10-9-17-13-27-19(22-17)16-4-3-11-23(12-16)20(25)15-5-7-18(26-2)8-6-15/h5-8,13,16H,3-4,9-12H2,1-2H3,(H,21,24). The van der Waals surface area contributed by atoms with Crippen molar-refractivity contribution in [3.63, 3.8) is 0 Å². The highest BCUT2D eigenvalue weighted by atomic mass is 32.1. The summed E-state index contributed by atoms with van der Waals surface area (Å²) in [6.45, 7) is 3.60. The first-order chi connectivity index (χ1) is 13.1. The number of carbonyl (C=O) groups is 2. The third-order valence-electron chi connectivity index (χ3n) is 4.72. The molecular weight excluding hydrogens is 362 g/mol. The van der Waals surface area contributed by atoms with Crippen molar-refractivity contribution in [1.82, 2.24) is 15.2 Å². The lowest BCUT2D eigenvalue weighted by Crippen LogP contribution is -2.39. The second-order valence-corrected chi connectivity index (χ2v) is 7.62. The van der Waals surface area contributed by atoms with Crippen molar-refractivity contribution in [3.8, 4) is 5.75 Å². The Bertz CT molecular complexity index is 788. The average Bonchev–Trinajstić information content (AvgIpc) is 3.16. The van der Waals surface area contributed by atoms with Crippen molar-refractivity contribution in [2.24, 2.45) is 0 Å². The van der Waals surface area contributed by atoms with Crippen molar-refractivity contribution in [2.45, 2.75) is 32.1 Å². The first-order valence-electron chi connectivity index (χ1n) is 9.19. The number of methoxy groups -OCH3 is 1. The Labute approximate surface area is 163 Å². The van der Waals surface area contributed by atoms with Gasteiger partial charge >= 0.3 is 0 Å². The molecule has 0 aliphatic carbocycles. The minimum absolute atomic E-state index is 0.0228. The van der Waals surface area contributed by atoms with E-state index >= 15 is 0 Å². The van der Waals surface area contributed by atoms with Crippen LogP contribution in [0.1, 0.15) is 46.7 Å². The van der Waals surface area contributed by atoms with Crippen LogP contribution < -0.4 is 10.1 Å². The van der Waals surface area contributed by atoms with Gasteiger partial charge in [0.05, 0.1) is 17.8 Å². The number of hydrogen-bond donors (Lipinski definition) is 1. The van der Waals surface area contributed by atoms with E-state index in [4.69, 9.17) is 9.72 Å². The van der Waals surface area contributed by atoms with Crippen LogP contribution in [0.5, 0.6) is 5.75 Å². The van der Waals surface area contributed by atoms with E-state index in [9.17, 15) is 9.59 Å². The summed E-state index contributed by atoms with van der Waals surface area (Å²) in [6, 6.07) is 7.26. The van der Waals surface area contributed by atoms with Crippen LogP contribution in [-0.2, 0) is 11.2 Å². The van der Waals surface area contributed by atoms with Gasteiger partial charge in [-0.2, -0.15) is 0 Å². The fourth-order valence-corrected chi connectivity index (χ4v) is 4.25. The number of nitrogens with one attached hydrogen (secondary N) is 1. The third kappa shape index (κ3) is 5.07. The van der Waals surface area contributed by atoms with Crippen molar-refractivity contribution < 1.29 is 14.3 Å². The zero-order chi connectivity index (χ0) is 19.2. The molecule has 27 heavy (non-hydrogen) atoms. The van der Waals surface area contributed by atoms with Crippen LogP contribution in [0.25, 0.3) is 0 Å². The number of nitrogens with zero attached hydrogens (tertiary/aromatic N) is 2. The summed E-state index contributed by atoms with van der Waals surface area (Å²) in [5, 5.41) is 5.94. The smallest absolute Gasteiger partial charge is 0.253 e. The number of carbonyl (C=O) groups excluding carboxylic acids is 2. The molecule has 1 saturated heterocycles. The number of likely N-dealkylation sites (tertiary alicyclic amines) is 1. The summed E-state index contributed by atoms with van der Waals surface area (Å²) in [4.78, 5) is 30.4. The average molecular weight is 388 g/mol. The molecule has 7 heteroatoms. The van der Waals surface area contributed by atoms with E-state index in [1.165, 1.54) is 6.92 Å². The van der Waals surface area contributed by atoms with Gasteiger partial charge in [-0.3, -0.25) is 9.59 Å². The van der Waals surface area contributed by atoms with E-state index in [0.29, 0.717) is 18.7 Å². The molecule has 1 unspecified atom stereocenters. The lowest BCUT2D eigenvalue weighted by Gasteiger charge is -2.32. The molecule has 1 aliphatic rings. The Morgan fingerprint density at radius 3 is 2.81 bits per heavy atom. The molecule has 0 saturated carbocycles. The molecule has 1 fully saturated rings. The molecule has 0 spiro atoms. The van der Waals surface area contributed by atoms with E-state index in [2.05, 4.69) is 10.7 Å². The summed E-state index contributed by atoms with van der Waals surface area (Å²) in [5.41, 5.74) is 1.69. The number of rotatable bonds is 6.